The number of hydrogen-bond acceptors (Lipinski definition) is 8. The number of fused-ring (bicyclic) bond motifs is 1. The van der Waals surface area contributed by atoms with Crippen LogP contribution >= 0.6 is 11.3 Å². The first kappa shape index (κ1) is 17.3. The normalized spacial score (nSPS) is 13.9. The second kappa shape index (κ2) is 7.29. The number of aromatic nitrogens is 4. The Labute approximate surface area is 165 Å². The summed E-state index contributed by atoms with van der Waals surface area (Å²) in [6.07, 6.45) is 2.27. The van der Waals surface area contributed by atoms with Crippen LogP contribution in [-0.4, -0.2) is 27.3 Å². The van der Waals surface area contributed by atoms with Gasteiger partial charge in [-0.25, -0.2) is 9.97 Å². The Balaban J connectivity index is 1.51. The highest BCUT2D eigenvalue weighted by Gasteiger charge is 2.29. The third-order valence-electron chi connectivity index (χ3n) is 4.65. The minimum atomic E-state index is 0.357. The van der Waals surface area contributed by atoms with Gasteiger partial charge in [-0.3, -0.25) is 0 Å². The van der Waals surface area contributed by atoms with Crippen molar-refractivity contribution in [2.75, 3.05) is 12.4 Å². The summed E-state index contributed by atoms with van der Waals surface area (Å²) >= 11 is 1.60. The number of anilines is 1. The van der Waals surface area contributed by atoms with Crippen LogP contribution in [0.15, 0.2) is 40.1 Å². The molecular formula is C20H19N5O2S. The molecule has 1 aliphatic rings. The number of nitrogens with zero attached hydrogens (tertiary/aromatic N) is 4. The van der Waals surface area contributed by atoms with Crippen LogP contribution in [0, 0.1) is 0 Å². The van der Waals surface area contributed by atoms with Gasteiger partial charge in [0.15, 0.2) is 5.82 Å². The number of methoxy groups -OCH3 is 1. The van der Waals surface area contributed by atoms with Crippen molar-refractivity contribution in [2.45, 2.75) is 31.9 Å². The third-order valence-corrected chi connectivity index (χ3v) is 5.53. The summed E-state index contributed by atoms with van der Waals surface area (Å²) in [6, 6.07) is 10.3. The van der Waals surface area contributed by atoms with E-state index < -0.39 is 0 Å². The topological polar surface area (TPSA) is 86.0 Å². The summed E-state index contributed by atoms with van der Waals surface area (Å²) in [5.41, 5.74) is 2.24. The fraction of sp³-hybridized carbons (Fsp3) is 0.300. The van der Waals surface area contributed by atoms with Crippen molar-refractivity contribution in [1.82, 2.24) is 20.2 Å². The highest BCUT2D eigenvalue weighted by atomic mass is 32.1. The summed E-state index contributed by atoms with van der Waals surface area (Å²) < 4.78 is 11.0. The van der Waals surface area contributed by atoms with Crippen molar-refractivity contribution in [3.63, 3.8) is 0 Å². The molecule has 0 spiro atoms. The van der Waals surface area contributed by atoms with E-state index >= 15 is 0 Å². The average Bonchev–Trinajstić information content (AvgIpc) is 3.31. The highest BCUT2D eigenvalue weighted by molar-refractivity contribution is 7.17. The molecule has 28 heavy (non-hydrogen) atoms. The van der Waals surface area contributed by atoms with E-state index in [1.807, 2.05) is 18.2 Å². The van der Waals surface area contributed by atoms with Gasteiger partial charge in [0.2, 0.25) is 11.8 Å². The van der Waals surface area contributed by atoms with Crippen LogP contribution in [0.3, 0.4) is 0 Å². The zero-order valence-corrected chi connectivity index (χ0v) is 16.2. The maximum atomic E-state index is 5.77. The van der Waals surface area contributed by atoms with Crippen LogP contribution in [-0.2, 0) is 17.9 Å². The average molecular weight is 393 g/mol. The SMILES string of the molecule is COCc1nc(NCc2nnc(C3CC3)o2)c2c(-c3ccccc3)csc2n1. The molecule has 142 valence electrons. The predicted octanol–water partition coefficient (Wildman–Crippen LogP) is 4.38. The molecule has 1 fully saturated rings. The van der Waals surface area contributed by atoms with Crippen molar-refractivity contribution < 1.29 is 9.15 Å². The maximum absolute atomic E-state index is 5.77. The standard InChI is InChI=1S/C20H19N5O2S/c1-26-10-15-22-18(21-9-16-24-25-19(27-16)13-7-8-13)17-14(11-28-20(17)23-15)12-5-3-2-4-6-12/h2-6,11,13H,7-10H2,1H3,(H,21,22,23). The lowest BCUT2D eigenvalue weighted by molar-refractivity contribution is 0.178. The number of nitrogens with one attached hydrogen (secondary N) is 1. The summed E-state index contributed by atoms with van der Waals surface area (Å²) in [5, 5.41) is 14.8. The van der Waals surface area contributed by atoms with E-state index in [2.05, 4.69) is 43.0 Å². The molecule has 1 saturated carbocycles. The van der Waals surface area contributed by atoms with Crippen molar-refractivity contribution in [3.05, 3.63) is 53.3 Å². The van der Waals surface area contributed by atoms with Crippen LogP contribution in [0.2, 0.25) is 0 Å². The molecule has 1 aromatic carbocycles. The van der Waals surface area contributed by atoms with Gasteiger partial charge in [-0.05, 0) is 18.4 Å². The van der Waals surface area contributed by atoms with Gasteiger partial charge in [-0.2, -0.15) is 0 Å². The lowest BCUT2D eigenvalue weighted by Crippen LogP contribution is -2.06. The first-order chi connectivity index (χ1) is 13.8. The number of ether oxygens (including phenoxy) is 1. The Morgan fingerprint density at radius 1 is 1.18 bits per heavy atom. The summed E-state index contributed by atoms with van der Waals surface area (Å²) in [5.74, 6) is 3.15. The van der Waals surface area contributed by atoms with Gasteiger partial charge >= 0.3 is 0 Å². The second-order valence-corrected chi connectivity index (χ2v) is 7.64. The van der Waals surface area contributed by atoms with Crippen molar-refractivity contribution in [2.24, 2.45) is 0 Å². The Morgan fingerprint density at radius 2 is 2.04 bits per heavy atom. The van der Waals surface area contributed by atoms with Gasteiger partial charge in [-0.1, -0.05) is 30.3 Å². The van der Waals surface area contributed by atoms with E-state index in [4.69, 9.17) is 9.15 Å². The van der Waals surface area contributed by atoms with Crippen molar-refractivity contribution >= 4 is 27.4 Å². The molecule has 0 aliphatic heterocycles. The van der Waals surface area contributed by atoms with E-state index in [1.54, 1.807) is 18.4 Å². The zero-order valence-electron chi connectivity index (χ0n) is 15.4. The van der Waals surface area contributed by atoms with E-state index in [0.717, 1.165) is 45.9 Å². The molecule has 0 saturated heterocycles. The van der Waals surface area contributed by atoms with Crippen molar-refractivity contribution in [1.29, 1.82) is 0 Å². The summed E-state index contributed by atoms with van der Waals surface area (Å²) in [4.78, 5) is 10.3. The number of thiophene rings is 1. The first-order valence-electron chi connectivity index (χ1n) is 9.20. The highest BCUT2D eigenvalue weighted by Crippen LogP contribution is 2.39. The Hall–Kier alpha value is -2.84. The second-order valence-electron chi connectivity index (χ2n) is 6.78. The minimum absolute atomic E-state index is 0.357. The number of benzene rings is 1. The van der Waals surface area contributed by atoms with Gasteiger partial charge in [0.05, 0.1) is 11.9 Å². The van der Waals surface area contributed by atoms with Gasteiger partial charge < -0.3 is 14.5 Å². The van der Waals surface area contributed by atoms with Gasteiger partial charge in [0.25, 0.3) is 0 Å². The molecular weight excluding hydrogens is 374 g/mol. The quantitative estimate of drug-likeness (QED) is 0.499. The molecule has 4 aromatic rings. The molecule has 0 radical (unpaired) electrons. The monoisotopic (exact) mass is 393 g/mol. The van der Waals surface area contributed by atoms with Crippen LogP contribution < -0.4 is 5.32 Å². The molecule has 7 nitrogen and oxygen atoms in total. The summed E-state index contributed by atoms with van der Waals surface area (Å²) in [7, 11) is 1.64. The smallest absolute Gasteiger partial charge is 0.235 e. The molecule has 3 heterocycles. The van der Waals surface area contributed by atoms with Crippen LogP contribution in [0.1, 0.15) is 36.4 Å². The molecule has 5 rings (SSSR count). The number of rotatable bonds is 7. The molecule has 8 heteroatoms. The Kier molecular flexibility index (Phi) is 4.50. The van der Waals surface area contributed by atoms with E-state index in [1.165, 1.54) is 0 Å². The largest absolute Gasteiger partial charge is 0.423 e. The maximum Gasteiger partial charge on any atom is 0.235 e. The van der Waals surface area contributed by atoms with E-state index in [-0.39, 0.29) is 0 Å². The van der Waals surface area contributed by atoms with Gasteiger partial charge in [0.1, 0.15) is 17.3 Å². The van der Waals surface area contributed by atoms with E-state index in [9.17, 15) is 0 Å². The molecule has 3 aromatic heterocycles. The molecule has 0 unspecified atom stereocenters. The van der Waals surface area contributed by atoms with Crippen LogP contribution in [0.5, 0.6) is 0 Å². The third kappa shape index (κ3) is 3.36. The molecule has 0 atom stereocenters. The number of hydrogen-bond donors (Lipinski definition) is 1. The molecule has 0 bridgehead atoms. The minimum Gasteiger partial charge on any atom is -0.423 e. The fourth-order valence-electron chi connectivity index (χ4n) is 3.13. The lowest BCUT2D eigenvalue weighted by atomic mass is 10.1. The Bertz CT molecular complexity index is 1100. The molecule has 0 amide bonds. The first-order valence-corrected chi connectivity index (χ1v) is 10.1. The Morgan fingerprint density at radius 3 is 2.82 bits per heavy atom. The van der Waals surface area contributed by atoms with Crippen molar-refractivity contribution in [3.8, 4) is 11.1 Å². The predicted molar refractivity (Wildman–Crippen MR) is 107 cm³/mol. The lowest BCUT2D eigenvalue weighted by Gasteiger charge is -2.09. The fourth-order valence-corrected chi connectivity index (χ4v) is 4.10. The van der Waals surface area contributed by atoms with Gasteiger partial charge in [0, 0.05) is 24.0 Å². The zero-order chi connectivity index (χ0) is 18.9. The van der Waals surface area contributed by atoms with Crippen LogP contribution in [0.25, 0.3) is 21.3 Å². The van der Waals surface area contributed by atoms with Gasteiger partial charge in [-0.15, -0.1) is 21.5 Å². The molecule has 1 aliphatic carbocycles. The molecule has 1 N–H and O–H groups in total. The van der Waals surface area contributed by atoms with Crippen LogP contribution in [0.4, 0.5) is 5.82 Å². The summed E-state index contributed by atoms with van der Waals surface area (Å²) in [6.45, 7) is 0.776. The van der Waals surface area contributed by atoms with E-state index in [0.29, 0.717) is 30.8 Å².